The molecule has 1 heterocycles. The summed E-state index contributed by atoms with van der Waals surface area (Å²) in [5.41, 5.74) is 1.90. The molecule has 4 rings (SSSR count). The van der Waals surface area contributed by atoms with E-state index in [4.69, 9.17) is 19.0 Å². The fourth-order valence-electron chi connectivity index (χ4n) is 3.70. The van der Waals surface area contributed by atoms with E-state index >= 15 is 0 Å². The Balaban J connectivity index is 1.45. The van der Waals surface area contributed by atoms with Gasteiger partial charge in [-0.25, -0.2) is 4.39 Å². The van der Waals surface area contributed by atoms with Crippen molar-refractivity contribution >= 4 is 5.97 Å². The van der Waals surface area contributed by atoms with Crippen LogP contribution in [0.25, 0.3) is 0 Å². The minimum atomic E-state index is -0.386. The number of nitrogens with zero attached hydrogens (tertiary/aromatic N) is 1. The smallest absolute Gasteiger partial charge is 0.322 e. The van der Waals surface area contributed by atoms with Crippen LogP contribution in [-0.4, -0.2) is 31.2 Å². The highest BCUT2D eigenvalue weighted by Gasteiger charge is 2.18. The largest absolute Gasteiger partial charge is 0.493 e. The normalized spacial score (nSPS) is 13.2. The summed E-state index contributed by atoms with van der Waals surface area (Å²) >= 11 is 0. The van der Waals surface area contributed by atoms with E-state index in [9.17, 15) is 9.18 Å². The number of ether oxygens (including phenoxy) is 3. The van der Waals surface area contributed by atoms with E-state index in [0.717, 1.165) is 29.0 Å². The van der Waals surface area contributed by atoms with Crippen molar-refractivity contribution in [1.29, 1.82) is 0 Å². The van der Waals surface area contributed by atoms with Crippen molar-refractivity contribution in [2.75, 3.05) is 20.2 Å². The lowest BCUT2D eigenvalue weighted by Crippen LogP contribution is -2.25. The van der Waals surface area contributed by atoms with Crippen molar-refractivity contribution in [2.45, 2.75) is 25.9 Å². The van der Waals surface area contributed by atoms with Gasteiger partial charge < -0.3 is 19.0 Å². The highest BCUT2D eigenvalue weighted by molar-refractivity contribution is 5.65. The van der Waals surface area contributed by atoms with E-state index in [1.165, 1.54) is 24.1 Å². The second kappa shape index (κ2) is 10.4. The molecule has 0 bridgehead atoms. The zero-order chi connectivity index (χ0) is 23.2. The van der Waals surface area contributed by atoms with E-state index in [-0.39, 0.29) is 17.9 Å². The van der Waals surface area contributed by atoms with Gasteiger partial charge in [-0.1, -0.05) is 18.2 Å². The standard InChI is InChI=1S/C26H26FNO5/c1-18(29)33-28(2)16-14-24(19-6-8-20(27)9-7-19)31-21-10-12-22(13-11-21)32-26-5-3-4-25-23(26)15-17-30-25/h3-13,24H,14-17H2,1-2H3. The monoisotopic (exact) mass is 451 g/mol. The van der Waals surface area contributed by atoms with E-state index in [0.29, 0.717) is 31.1 Å². The van der Waals surface area contributed by atoms with Crippen molar-refractivity contribution in [3.05, 3.63) is 83.7 Å². The molecule has 33 heavy (non-hydrogen) atoms. The highest BCUT2D eigenvalue weighted by atomic mass is 19.1. The first kappa shape index (κ1) is 22.6. The molecular formula is C26H26FNO5. The van der Waals surface area contributed by atoms with Crippen molar-refractivity contribution in [3.63, 3.8) is 0 Å². The molecule has 0 aromatic heterocycles. The molecular weight excluding hydrogens is 425 g/mol. The first-order valence-electron chi connectivity index (χ1n) is 10.8. The summed E-state index contributed by atoms with van der Waals surface area (Å²) in [6.45, 7) is 2.47. The second-order valence-corrected chi connectivity index (χ2v) is 7.79. The molecule has 6 nitrogen and oxygen atoms in total. The van der Waals surface area contributed by atoms with Gasteiger partial charge in [-0.3, -0.25) is 4.79 Å². The predicted molar refractivity (Wildman–Crippen MR) is 121 cm³/mol. The Morgan fingerprint density at radius 2 is 1.79 bits per heavy atom. The van der Waals surface area contributed by atoms with Crippen LogP contribution in [0.3, 0.4) is 0 Å². The highest BCUT2D eigenvalue weighted by Crippen LogP contribution is 2.36. The van der Waals surface area contributed by atoms with E-state index in [1.54, 1.807) is 19.2 Å². The molecule has 0 N–H and O–H groups in total. The van der Waals surface area contributed by atoms with Gasteiger partial charge in [0.25, 0.3) is 0 Å². The Morgan fingerprint density at radius 1 is 1.06 bits per heavy atom. The van der Waals surface area contributed by atoms with Crippen LogP contribution < -0.4 is 14.2 Å². The molecule has 172 valence electrons. The molecule has 0 aliphatic carbocycles. The van der Waals surface area contributed by atoms with Crippen LogP contribution in [-0.2, 0) is 16.1 Å². The maximum absolute atomic E-state index is 13.4. The molecule has 7 heteroatoms. The van der Waals surface area contributed by atoms with Gasteiger partial charge in [0.15, 0.2) is 0 Å². The number of hydrogen-bond acceptors (Lipinski definition) is 6. The third kappa shape index (κ3) is 6.02. The van der Waals surface area contributed by atoms with E-state index < -0.39 is 0 Å². The summed E-state index contributed by atoms with van der Waals surface area (Å²) in [7, 11) is 1.68. The van der Waals surface area contributed by atoms with Crippen molar-refractivity contribution in [2.24, 2.45) is 0 Å². The number of hydroxylamine groups is 2. The fraction of sp³-hybridized carbons (Fsp3) is 0.269. The van der Waals surface area contributed by atoms with Crippen molar-refractivity contribution < 1.29 is 28.2 Å². The maximum Gasteiger partial charge on any atom is 0.322 e. The summed E-state index contributed by atoms with van der Waals surface area (Å²) in [4.78, 5) is 16.2. The van der Waals surface area contributed by atoms with Gasteiger partial charge in [0, 0.05) is 38.9 Å². The molecule has 0 saturated heterocycles. The van der Waals surface area contributed by atoms with Gasteiger partial charge >= 0.3 is 5.97 Å². The quantitative estimate of drug-likeness (QED) is 0.402. The molecule has 0 amide bonds. The Morgan fingerprint density at radius 3 is 2.52 bits per heavy atom. The van der Waals surface area contributed by atoms with Crippen LogP contribution >= 0.6 is 0 Å². The maximum atomic E-state index is 13.4. The Kier molecular flexibility index (Phi) is 7.10. The lowest BCUT2D eigenvalue weighted by Gasteiger charge is -2.22. The summed E-state index contributed by atoms with van der Waals surface area (Å²) in [5, 5.41) is 1.46. The van der Waals surface area contributed by atoms with Crippen LogP contribution in [0.4, 0.5) is 4.39 Å². The average molecular weight is 451 g/mol. The molecule has 1 aliphatic rings. The number of rotatable bonds is 9. The summed E-state index contributed by atoms with van der Waals surface area (Å²) in [6, 6.07) is 19.3. The molecule has 3 aromatic carbocycles. The molecule has 0 saturated carbocycles. The topological polar surface area (TPSA) is 57.2 Å². The first-order valence-corrected chi connectivity index (χ1v) is 10.8. The number of carbonyl (C=O) groups excluding carboxylic acids is 1. The van der Waals surface area contributed by atoms with E-state index in [2.05, 4.69) is 0 Å². The fourth-order valence-corrected chi connectivity index (χ4v) is 3.70. The Labute approximate surface area is 192 Å². The zero-order valence-electron chi connectivity index (χ0n) is 18.6. The Bertz CT molecular complexity index is 1080. The third-order valence-corrected chi connectivity index (χ3v) is 5.26. The number of halogens is 1. The summed E-state index contributed by atoms with van der Waals surface area (Å²) in [5.74, 6) is 2.30. The summed E-state index contributed by atoms with van der Waals surface area (Å²) in [6.07, 6.45) is 1.00. The minimum absolute atomic E-state index is 0.311. The van der Waals surface area contributed by atoms with Gasteiger partial charge in [-0.15, -0.1) is 5.06 Å². The van der Waals surface area contributed by atoms with Crippen molar-refractivity contribution in [3.8, 4) is 23.0 Å². The average Bonchev–Trinajstić information content (AvgIpc) is 3.28. The van der Waals surface area contributed by atoms with Crippen LogP contribution in [0, 0.1) is 5.82 Å². The minimum Gasteiger partial charge on any atom is -0.493 e. The number of fused-ring (bicyclic) bond motifs is 1. The molecule has 0 fully saturated rings. The lowest BCUT2D eigenvalue weighted by atomic mass is 10.1. The van der Waals surface area contributed by atoms with Crippen LogP contribution in [0.2, 0.25) is 0 Å². The lowest BCUT2D eigenvalue weighted by molar-refractivity contribution is -0.182. The van der Waals surface area contributed by atoms with Gasteiger partial charge in [-0.05, 0) is 54.1 Å². The summed E-state index contributed by atoms with van der Waals surface area (Å²) < 4.78 is 31.3. The number of hydrogen-bond donors (Lipinski definition) is 0. The van der Waals surface area contributed by atoms with Crippen LogP contribution in [0.15, 0.2) is 66.7 Å². The number of benzene rings is 3. The second-order valence-electron chi connectivity index (χ2n) is 7.79. The van der Waals surface area contributed by atoms with E-state index in [1.807, 2.05) is 42.5 Å². The van der Waals surface area contributed by atoms with Gasteiger partial charge in [0.1, 0.15) is 34.9 Å². The van der Waals surface area contributed by atoms with Crippen LogP contribution in [0.1, 0.15) is 30.6 Å². The van der Waals surface area contributed by atoms with Gasteiger partial charge in [-0.2, -0.15) is 0 Å². The molecule has 1 atom stereocenters. The number of carbonyl (C=O) groups is 1. The SMILES string of the molecule is CC(=O)ON(C)CCC(Oc1ccc(Oc2cccc3c2CCO3)cc1)c1ccc(F)cc1. The molecule has 0 radical (unpaired) electrons. The molecule has 1 unspecified atom stereocenters. The zero-order valence-corrected chi connectivity index (χ0v) is 18.6. The van der Waals surface area contributed by atoms with Gasteiger partial charge in [0.2, 0.25) is 0 Å². The predicted octanol–water partition coefficient (Wildman–Crippen LogP) is 5.47. The van der Waals surface area contributed by atoms with Crippen LogP contribution in [0.5, 0.6) is 23.0 Å². The Hall–Kier alpha value is -3.58. The molecule has 3 aromatic rings. The molecule has 1 aliphatic heterocycles. The first-order chi connectivity index (χ1) is 16.0. The van der Waals surface area contributed by atoms with Crippen molar-refractivity contribution in [1.82, 2.24) is 5.06 Å². The third-order valence-electron chi connectivity index (χ3n) is 5.26. The molecule has 0 spiro atoms. The van der Waals surface area contributed by atoms with Gasteiger partial charge in [0.05, 0.1) is 6.61 Å².